The Morgan fingerprint density at radius 2 is 1.83 bits per heavy atom. The molecule has 2 rings (SSSR count). The maximum Gasteiger partial charge on any atom is 0.408 e. The molecule has 0 unspecified atom stereocenters. The largest absolute Gasteiger partial charge is 0.408 e. The van der Waals surface area contributed by atoms with E-state index in [4.69, 9.17) is 11.6 Å². The van der Waals surface area contributed by atoms with Crippen LogP contribution in [0.4, 0.5) is 18.9 Å². The van der Waals surface area contributed by atoms with E-state index in [1.165, 1.54) is 11.0 Å². The molecule has 23 heavy (non-hydrogen) atoms. The second-order valence-electron chi connectivity index (χ2n) is 4.69. The highest BCUT2D eigenvalue weighted by atomic mass is 35.5. The second kappa shape index (κ2) is 8.89. The molecule has 0 amide bonds. The number of halogens is 6. The molecule has 1 aromatic carbocycles. The molecule has 132 valence electrons. The minimum atomic E-state index is -4.62. The fraction of sp³-hybridized carbons (Fsp3) is 0.500. The molecule has 1 fully saturated rings. The zero-order valence-electron chi connectivity index (χ0n) is 11.7. The van der Waals surface area contributed by atoms with Crippen LogP contribution in [0.1, 0.15) is 11.6 Å². The molecule has 1 aromatic rings. The van der Waals surface area contributed by atoms with E-state index in [1.807, 2.05) is 0 Å². The van der Waals surface area contributed by atoms with Crippen LogP contribution >= 0.6 is 36.4 Å². The van der Waals surface area contributed by atoms with Crippen LogP contribution in [0, 0.1) is 10.1 Å². The Balaban J connectivity index is 0.00000242. The highest BCUT2D eigenvalue weighted by molar-refractivity contribution is 6.30. The zero-order valence-corrected chi connectivity index (χ0v) is 14.1. The molecule has 1 N–H and O–H groups in total. The summed E-state index contributed by atoms with van der Waals surface area (Å²) in [6.07, 6.45) is -4.62. The normalized spacial score (nSPS) is 16.9. The maximum absolute atomic E-state index is 13.4. The summed E-state index contributed by atoms with van der Waals surface area (Å²) in [4.78, 5) is 11.4. The first kappa shape index (κ1) is 22.2. The molecular weight excluding hydrogens is 382 g/mol. The number of nitro benzene ring substituents is 1. The third-order valence-corrected chi connectivity index (χ3v) is 3.54. The van der Waals surface area contributed by atoms with Crippen LogP contribution in [0.5, 0.6) is 0 Å². The molecule has 1 aliphatic rings. The van der Waals surface area contributed by atoms with E-state index >= 15 is 0 Å². The molecular formula is C12H15Cl3F3N3O2. The van der Waals surface area contributed by atoms with Crippen molar-refractivity contribution in [2.45, 2.75) is 12.2 Å². The van der Waals surface area contributed by atoms with Gasteiger partial charge < -0.3 is 5.32 Å². The first-order valence-electron chi connectivity index (χ1n) is 6.26. The van der Waals surface area contributed by atoms with Gasteiger partial charge in [0.2, 0.25) is 0 Å². The second-order valence-corrected chi connectivity index (χ2v) is 5.13. The van der Waals surface area contributed by atoms with Crippen LogP contribution in [0.25, 0.3) is 0 Å². The number of hydrogen-bond acceptors (Lipinski definition) is 4. The van der Waals surface area contributed by atoms with E-state index in [1.54, 1.807) is 0 Å². The number of rotatable bonds is 3. The lowest BCUT2D eigenvalue weighted by molar-refractivity contribution is -0.386. The van der Waals surface area contributed by atoms with Crippen molar-refractivity contribution in [2.75, 3.05) is 26.2 Å². The van der Waals surface area contributed by atoms with Crippen molar-refractivity contribution in [1.82, 2.24) is 10.2 Å². The molecule has 1 saturated heterocycles. The molecule has 0 aromatic heterocycles. The molecule has 0 bridgehead atoms. The van der Waals surface area contributed by atoms with Crippen molar-refractivity contribution in [1.29, 1.82) is 0 Å². The summed E-state index contributed by atoms with van der Waals surface area (Å²) >= 11 is 5.73. The summed E-state index contributed by atoms with van der Waals surface area (Å²) in [5.74, 6) is 0. The standard InChI is InChI=1S/C12H13ClF3N3O2.2ClH/c13-8-1-2-10(19(20)21)9(7-8)11(12(14,15)16)18-5-3-17-4-6-18;;/h1-2,7,11,17H,3-6H2;2*1H/t11-;;/m1../s1. The molecule has 0 spiro atoms. The van der Waals surface area contributed by atoms with Gasteiger partial charge in [0.05, 0.1) is 10.5 Å². The van der Waals surface area contributed by atoms with Crippen molar-refractivity contribution in [3.8, 4) is 0 Å². The summed E-state index contributed by atoms with van der Waals surface area (Å²) < 4.78 is 40.3. The quantitative estimate of drug-likeness (QED) is 0.626. The Bertz CT molecular complexity index is 540. The first-order chi connectivity index (χ1) is 9.80. The Kier molecular flexibility index (Phi) is 8.58. The lowest BCUT2D eigenvalue weighted by Crippen LogP contribution is -2.49. The van der Waals surface area contributed by atoms with Gasteiger partial charge in [-0.15, -0.1) is 24.8 Å². The summed E-state index contributed by atoms with van der Waals surface area (Å²) in [6, 6.07) is 1.23. The van der Waals surface area contributed by atoms with Gasteiger partial charge in [-0.3, -0.25) is 15.0 Å². The third kappa shape index (κ3) is 5.36. The monoisotopic (exact) mass is 395 g/mol. The minimum absolute atomic E-state index is 0. The number of hydrogen-bond donors (Lipinski definition) is 1. The number of nitrogens with zero attached hydrogens (tertiary/aromatic N) is 2. The number of nitro groups is 1. The van der Waals surface area contributed by atoms with Crippen molar-refractivity contribution in [3.63, 3.8) is 0 Å². The fourth-order valence-electron chi connectivity index (χ4n) is 2.43. The van der Waals surface area contributed by atoms with Gasteiger partial charge in [0.1, 0.15) is 6.04 Å². The van der Waals surface area contributed by atoms with Crippen molar-refractivity contribution in [3.05, 3.63) is 38.9 Å². The molecule has 1 heterocycles. The molecule has 11 heteroatoms. The van der Waals surface area contributed by atoms with E-state index in [-0.39, 0.29) is 42.9 Å². The Morgan fingerprint density at radius 1 is 1.26 bits per heavy atom. The van der Waals surface area contributed by atoms with Crippen molar-refractivity contribution < 1.29 is 18.1 Å². The van der Waals surface area contributed by atoms with E-state index in [9.17, 15) is 23.3 Å². The topological polar surface area (TPSA) is 58.4 Å². The van der Waals surface area contributed by atoms with Gasteiger partial charge in [-0.2, -0.15) is 13.2 Å². The van der Waals surface area contributed by atoms with Crippen LogP contribution in [-0.4, -0.2) is 42.2 Å². The lowest BCUT2D eigenvalue weighted by atomic mass is 10.0. The zero-order chi connectivity index (χ0) is 15.6. The molecule has 0 aliphatic carbocycles. The predicted molar refractivity (Wildman–Crippen MR) is 85.8 cm³/mol. The van der Waals surface area contributed by atoms with Gasteiger partial charge >= 0.3 is 6.18 Å². The Hall–Kier alpha value is -0.800. The van der Waals surface area contributed by atoms with Crippen LogP contribution < -0.4 is 5.32 Å². The number of alkyl halides is 3. The van der Waals surface area contributed by atoms with Crippen LogP contribution in [0.3, 0.4) is 0 Å². The van der Waals surface area contributed by atoms with Gasteiger partial charge in [-0.25, -0.2) is 0 Å². The lowest BCUT2D eigenvalue weighted by Gasteiger charge is -2.35. The summed E-state index contributed by atoms with van der Waals surface area (Å²) in [7, 11) is 0. The van der Waals surface area contributed by atoms with E-state index in [0.717, 1.165) is 12.1 Å². The van der Waals surface area contributed by atoms with E-state index in [0.29, 0.717) is 13.1 Å². The van der Waals surface area contributed by atoms with Gasteiger partial charge in [0.15, 0.2) is 0 Å². The average molecular weight is 397 g/mol. The molecule has 1 aliphatic heterocycles. The Morgan fingerprint density at radius 3 is 2.30 bits per heavy atom. The van der Waals surface area contributed by atoms with Crippen molar-refractivity contribution in [2.24, 2.45) is 0 Å². The molecule has 0 radical (unpaired) electrons. The minimum Gasteiger partial charge on any atom is -0.314 e. The maximum atomic E-state index is 13.4. The Labute approximate surface area is 148 Å². The third-order valence-electron chi connectivity index (χ3n) is 3.31. The number of nitrogens with one attached hydrogen (secondary N) is 1. The highest BCUT2D eigenvalue weighted by Gasteiger charge is 2.47. The average Bonchev–Trinajstić information content (AvgIpc) is 2.38. The van der Waals surface area contributed by atoms with Crippen molar-refractivity contribution >= 4 is 42.1 Å². The van der Waals surface area contributed by atoms with Crippen LogP contribution in [0.2, 0.25) is 5.02 Å². The van der Waals surface area contributed by atoms with E-state index in [2.05, 4.69) is 5.32 Å². The van der Waals surface area contributed by atoms with Gasteiger partial charge in [-0.05, 0) is 12.1 Å². The van der Waals surface area contributed by atoms with Gasteiger partial charge in [0, 0.05) is 37.3 Å². The smallest absolute Gasteiger partial charge is 0.314 e. The number of benzene rings is 1. The highest BCUT2D eigenvalue weighted by Crippen LogP contribution is 2.42. The molecule has 0 saturated carbocycles. The number of piperazine rings is 1. The van der Waals surface area contributed by atoms with E-state index < -0.39 is 28.4 Å². The van der Waals surface area contributed by atoms with Crippen LogP contribution in [-0.2, 0) is 0 Å². The fourth-order valence-corrected chi connectivity index (χ4v) is 2.61. The summed E-state index contributed by atoms with van der Waals surface area (Å²) in [5.41, 5.74) is -0.984. The summed E-state index contributed by atoms with van der Waals surface area (Å²) in [5, 5.41) is 14.0. The summed E-state index contributed by atoms with van der Waals surface area (Å²) in [6.45, 7) is 1.13. The van der Waals surface area contributed by atoms with Gasteiger partial charge in [-0.1, -0.05) is 11.6 Å². The SMILES string of the molecule is Cl.Cl.O=[N+]([O-])c1ccc(Cl)cc1[C@@H](N1CCNCC1)C(F)(F)F. The van der Waals surface area contributed by atoms with Crippen LogP contribution in [0.15, 0.2) is 18.2 Å². The van der Waals surface area contributed by atoms with Gasteiger partial charge in [0.25, 0.3) is 5.69 Å². The predicted octanol–water partition coefficient (Wildman–Crippen LogP) is 3.60. The molecule has 1 atom stereocenters. The molecule has 5 nitrogen and oxygen atoms in total. The first-order valence-corrected chi connectivity index (χ1v) is 6.64.